The Morgan fingerprint density at radius 2 is 2.00 bits per heavy atom. The minimum absolute atomic E-state index is 0.338. The Kier molecular flexibility index (Phi) is 5.02. The number of carbonyl (C=O) groups excluding carboxylic acids is 1. The van der Waals surface area contributed by atoms with Crippen molar-refractivity contribution in [3.05, 3.63) is 0 Å². The average Bonchev–Trinajstić information content (AvgIpc) is 2.34. The summed E-state index contributed by atoms with van der Waals surface area (Å²) in [4.78, 5) is 25.2. The number of amides is 2. The standard InChI is InChI=1S/C14H26N2O4/c1-13(2,3)10(11(17)18)15-12(19)16-8-6-7-14(4,9-16)20-5/h10H,6-9H2,1-5H3,(H,15,19)(H,17,18). The number of hydrogen-bond donors (Lipinski definition) is 2. The number of carboxylic acids is 1. The number of piperidine rings is 1. The molecule has 1 aliphatic heterocycles. The average molecular weight is 286 g/mol. The largest absolute Gasteiger partial charge is 0.480 e. The molecule has 0 aromatic carbocycles. The van der Waals surface area contributed by atoms with E-state index < -0.39 is 17.4 Å². The summed E-state index contributed by atoms with van der Waals surface area (Å²) in [5, 5.41) is 11.9. The topological polar surface area (TPSA) is 78.9 Å². The van der Waals surface area contributed by atoms with Crippen LogP contribution in [0.3, 0.4) is 0 Å². The SMILES string of the molecule is COC1(C)CCCN(C(=O)NC(C(=O)O)C(C)(C)C)C1. The highest BCUT2D eigenvalue weighted by atomic mass is 16.5. The number of hydrogen-bond acceptors (Lipinski definition) is 3. The summed E-state index contributed by atoms with van der Waals surface area (Å²) in [6.07, 6.45) is 1.75. The lowest BCUT2D eigenvalue weighted by molar-refractivity contribution is -0.142. The van der Waals surface area contributed by atoms with Crippen molar-refractivity contribution >= 4 is 12.0 Å². The van der Waals surface area contributed by atoms with Crippen molar-refractivity contribution in [2.75, 3.05) is 20.2 Å². The van der Waals surface area contributed by atoms with Crippen LogP contribution in [0.15, 0.2) is 0 Å². The number of methoxy groups -OCH3 is 1. The molecule has 2 unspecified atom stereocenters. The second-order valence-electron chi connectivity index (χ2n) is 6.77. The molecule has 0 bridgehead atoms. The van der Waals surface area contributed by atoms with Gasteiger partial charge in [0.15, 0.2) is 0 Å². The van der Waals surface area contributed by atoms with Gasteiger partial charge < -0.3 is 20.1 Å². The molecule has 0 saturated carbocycles. The number of rotatable bonds is 3. The van der Waals surface area contributed by atoms with Crippen LogP contribution in [-0.4, -0.2) is 53.8 Å². The van der Waals surface area contributed by atoms with Crippen LogP contribution in [0.5, 0.6) is 0 Å². The molecule has 0 aromatic rings. The van der Waals surface area contributed by atoms with Crippen LogP contribution in [0.1, 0.15) is 40.5 Å². The van der Waals surface area contributed by atoms with Crippen molar-refractivity contribution in [1.82, 2.24) is 10.2 Å². The third-order valence-corrected chi connectivity index (χ3v) is 3.82. The second-order valence-corrected chi connectivity index (χ2v) is 6.77. The van der Waals surface area contributed by atoms with E-state index in [2.05, 4.69) is 5.32 Å². The van der Waals surface area contributed by atoms with E-state index in [0.717, 1.165) is 12.8 Å². The quantitative estimate of drug-likeness (QED) is 0.827. The molecule has 0 aliphatic carbocycles. The minimum Gasteiger partial charge on any atom is -0.480 e. The zero-order valence-electron chi connectivity index (χ0n) is 13.0. The summed E-state index contributed by atoms with van der Waals surface area (Å²) in [5.41, 5.74) is -0.891. The third-order valence-electron chi connectivity index (χ3n) is 3.82. The molecule has 2 N–H and O–H groups in total. The Balaban J connectivity index is 2.72. The Morgan fingerprint density at radius 1 is 1.40 bits per heavy atom. The molecule has 20 heavy (non-hydrogen) atoms. The maximum absolute atomic E-state index is 12.3. The van der Waals surface area contributed by atoms with E-state index in [9.17, 15) is 14.7 Å². The van der Waals surface area contributed by atoms with Crippen LogP contribution in [0.4, 0.5) is 4.79 Å². The summed E-state index contributed by atoms with van der Waals surface area (Å²) in [7, 11) is 1.64. The summed E-state index contributed by atoms with van der Waals surface area (Å²) in [5.74, 6) is -1.02. The van der Waals surface area contributed by atoms with Gasteiger partial charge in [0.25, 0.3) is 0 Å². The highest BCUT2D eigenvalue weighted by molar-refractivity contribution is 5.83. The summed E-state index contributed by atoms with van der Waals surface area (Å²) in [6.45, 7) is 8.45. The van der Waals surface area contributed by atoms with Gasteiger partial charge in [0.05, 0.1) is 12.1 Å². The fourth-order valence-corrected chi connectivity index (χ4v) is 2.41. The first-order valence-corrected chi connectivity index (χ1v) is 6.92. The molecule has 0 spiro atoms. The zero-order valence-corrected chi connectivity index (χ0v) is 13.0. The Labute approximate surface area is 120 Å². The van der Waals surface area contributed by atoms with Crippen molar-refractivity contribution in [2.24, 2.45) is 5.41 Å². The van der Waals surface area contributed by atoms with E-state index in [-0.39, 0.29) is 11.6 Å². The van der Waals surface area contributed by atoms with Gasteiger partial charge in [-0.25, -0.2) is 9.59 Å². The number of carboxylic acid groups (broad SMARTS) is 1. The van der Waals surface area contributed by atoms with E-state index in [4.69, 9.17) is 4.74 Å². The predicted molar refractivity (Wildman–Crippen MR) is 75.6 cm³/mol. The lowest BCUT2D eigenvalue weighted by Gasteiger charge is -2.40. The van der Waals surface area contributed by atoms with E-state index in [1.165, 1.54) is 0 Å². The number of aliphatic carboxylic acids is 1. The van der Waals surface area contributed by atoms with Crippen molar-refractivity contribution < 1.29 is 19.4 Å². The van der Waals surface area contributed by atoms with Crippen LogP contribution >= 0.6 is 0 Å². The maximum atomic E-state index is 12.3. The Bertz CT molecular complexity index is 378. The molecule has 6 nitrogen and oxygen atoms in total. The van der Waals surface area contributed by atoms with Crippen LogP contribution < -0.4 is 5.32 Å². The van der Waals surface area contributed by atoms with Gasteiger partial charge in [0.1, 0.15) is 6.04 Å². The van der Waals surface area contributed by atoms with E-state index >= 15 is 0 Å². The summed E-state index contributed by atoms with van der Waals surface area (Å²) < 4.78 is 5.44. The molecule has 6 heteroatoms. The van der Waals surface area contributed by atoms with Crippen molar-refractivity contribution in [3.63, 3.8) is 0 Å². The monoisotopic (exact) mass is 286 g/mol. The van der Waals surface area contributed by atoms with Crippen LogP contribution in [0.2, 0.25) is 0 Å². The molecule has 1 rings (SSSR count). The highest BCUT2D eigenvalue weighted by Gasteiger charge is 2.37. The van der Waals surface area contributed by atoms with Gasteiger partial charge in [-0.3, -0.25) is 0 Å². The van der Waals surface area contributed by atoms with E-state index in [1.807, 2.05) is 6.92 Å². The number of likely N-dealkylation sites (tertiary alicyclic amines) is 1. The zero-order chi connectivity index (χ0) is 15.6. The molecule has 0 aromatic heterocycles. The molecule has 1 aliphatic rings. The number of ether oxygens (including phenoxy) is 1. The van der Waals surface area contributed by atoms with Gasteiger partial charge in [-0.1, -0.05) is 20.8 Å². The van der Waals surface area contributed by atoms with Gasteiger partial charge in [-0.2, -0.15) is 0 Å². The van der Waals surface area contributed by atoms with Crippen LogP contribution in [-0.2, 0) is 9.53 Å². The van der Waals surface area contributed by atoms with Crippen LogP contribution in [0.25, 0.3) is 0 Å². The first-order chi connectivity index (χ1) is 9.09. The van der Waals surface area contributed by atoms with Crippen molar-refractivity contribution in [2.45, 2.75) is 52.2 Å². The lowest BCUT2D eigenvalue weighted by Crippen LogP contribution is -2.57. The Hall–Kier alpha value is -1.30. The number of nitrogens with zero attached hydrogens (tertiary/aromatic N) is 1. The van der Waals surface area contributed by atoms with Crippen molar-refractivity contribution in [3.8, 4) is 0 Å². The molecule has 1 saturated heterocycles. The number of urea groups is 1. The predicted octanol–water partition coefficient (Wildman–Crippen LogP) is 1.70. The molecule has 0 radical (unpaired) electrons. The molecule has 2 atom stereocenters. The molecule has 1 heterocycles. The fraction of sp³-hybridized carbons (Fsp3) is 0.857. The van der Waals surface area contributed by atoms with E-state index in [0.29, 0.717) is 13.1 Å². The normalized spacial score (nSPS) is 25.1. The van der Waals surface area contributed by atoms with Gasteiger partial charge in [-0.05, 0) is 25.2 Å². The smallest absolute Gasteiger partial charge is 0.326 e. The maximum Gasteiger partial charge on any atom is 0.326 e. The number of carbonyl (C=O) groups is 2. The van der Waals surface area contributed by atoms with Gasteiger partial charge in [-0.15, -0.1) is 0 Å². The second kappa shape index (κ2) is 5.99. The lowest BCUT2D eigenvalue weighted by atomic mass is 9.87. The molecule has 116 valence electrons. The summed E-state index contributed by atoms with van der Waals surface area (Å²) in [6, 6.07) is -1.25. The van der Waals surface area contributed by atoms with E-state index in [1.54, 1.807) is 32.8 Å². The highest BCUT2D eigenvalue weighted by Crippen LogP contribution is 2.25. The molecular weight excluding hydrogens is 260 g/mol. The van der Waals surface area contributed by atoms with Gasteiger partial charge >= 0.3 is 12.0 Å². The minimum atomic E-state index is -1.02. The van der Waals surface area contributed by atoms with Gasteiger partial charge in [0, 0.05) is 13.7 Å². The number of nitrogens with one attached hydrogen (secondary N) is 1. The van der Waals surface area contributed by atoms with Gasteiger partial charge in [0.2, 0.25) is 0 Å². The Morgan fingerprint density at radius 3 is 2.45 bits per heavy atom. The first kappa shape index (κ1) is 16.8. The molecule has 2 amide bonds. The third kappa shape index (κ3) is 4.10. The van der Waals surface area contributed by atoms with Crippen LogP contribution in [0, 0.1) is 5.41 Å². The summed E-state index contributed by atoms with van der Waals surface area (Å²) >= 11 is 0. The first-order valence-electron chi connectivity index (χ1n) is 6.92. The molecule has 1 fully saturated rings. The fourth-order valence-electron chi connectivity index (χ4n) is 2.41. The molecular formula is C14H26N2O4. The van der Waals surface area contributed by atoms with Crippen molar-refractivity contribution in [1.29, 1.82) is 0 Å².